The molecule has 0 unspecified atom stereocenters. The van der Waals surface area contributed by atoms with Gasteiger partial charge in [-0.05, 0) is 48.1 Å². The molecular weight excluding hydrogens is 296 g/mol. The van der Waals surface area contributed by atoms with Gasteiger partial charge >= 0.3 is 0 Å². The third-order valence-electron chi connectivity index (χ3n) is 5.03. The maximum absolute atomic E-state index is 12.3. The van der Waals surface area contributed by atoms with Crippen molar-refractivity contribution in [1.29, 1.82) is 0 Å². The molecule has 2 saturated heterocycles. The van der Waals surface area contributed by atoms with Gasteiger partial charge in [0.05, 0.1) is 0 Å². The molecule has 1 aromatic heterocycles. The second-order valence-corrected chi connectivity index (χ2v) is 7.20. The molecule has 0 spiro atoms. The zero-order chi connectivity index (χ0) is 15.4. The van der Waals surface area contributed by atoms with E-state index in [4.69, 9.17) is 4.74 Å². The van der Waals surface area contributed by atoms with Crippen molar-refractivity contribution < 1.29 is 9.53 Å². The monoisotopic (exact) mass is 322 g/mol. The molecule has 4 nitrogen and oxygen atoms in total. The highest BCUT2D eigenvalue weighted by atomic mass is 32.1. The first-order valence-corrected chi connectivity index (χ1v) is 9.30. The summed E-state index contributed by atoms with van der Waals surface area (Å²) in [5, 5.41) is 4.37. The number of piperazine rings is 1. The van der Waals surface area contributed by atoms with Gasteiger partial charge in [-0.2, -0.15) is 11.3 Å². The largest absolute Gasteiger partial charge is 0.381 e. The van der Waals surface area contributed by atoms with Gasteiger partial charge in [0.2, 0.25) is 5.91 Å². The highest BCUT2D eigenvalue weighted by molar-refractivity contribution is 7.07. The fourth-order valence-corrected chi connectivity index (χ4v) is 4.13. The maximum Gasteiger partial charge on any atom is 0.222 e. The number of amides is 1. The average molecular weight is 322 g/mol. The van der Waals surface area contributed by atoms with E-state index in [0.29, 0.717) is 24.3 Å². The number of nitrogens with zero attached hydrogens (tertiary/aromatic N) is 2. The van der Waals surface area contributed by atoms with Crippen LogP contribution in [0, 0.1) is 5.92 Å². The van der Waals surface area contributed by atoms with E-state index in [1.165, 1.54) is 5.56 Å². The molecule has 2 aliphatic heterocycles. The van der Waals surface area contributed by atoms with Gasteiger partial charge in [-0.25, -0.2) is 0 Å². The molecule has 0 bridgehead atoms. The zero-order valence-electron chi connectivity index (χ0n) is 13.4. The van der Waals surface area contributed by atoms with Crippen LogP contribution in [0.15, 0.2) is 16.8 Å². The number of rotatable bonds is 5. The van der Waals surface area contributed by atoms with Crippen molar-refractivity contribution in [2.45, 2.75) is 32.2 Å². The van der Waals surface area contributed by atoms with Gasteiger partial charge in [0.1, 0.15) is 0 Å². The molecule has 2 atom stereocenters. The van der Waals surface area contributed by atoms with Crippen molar-refractivity contribution in [1.82, 2.24) is 9.80 Å². The predicted octanol–water partition coefficient (Wildman–Crippen LogP) is 2.77. The van der Waals surface area contributed by atoms with Crippen LogP contribution in [0.2, 0.25) is 0 Å². The lowest BCUT2D eigenvalue weighted by molar-refractivity contribution is -0.133. The van der Waals surface area contributed by atoms with Crippen molar-refractivity contribution >= 4 is 17.2 Å². The smallest absolute Gasteiger partial charge is 0.222 e. The van der Waals surface area contributed by atoms with Crippen molar-refractivity contribution in [3.05, 3.63) is 22.4 Å². The Bertz CT molecular complexity index is 463. The molecule has 2 fully saturated rings. The van der Waals surface area contributed by atoms with E-state index >= 15 is 0 Å². The molecule has 22 heavy (non-hydrogen) atoms. The fraction of sp³-hybridized carbons (Fsp3) is 0.706. The Morgan fingerprint density at radius 2 is 2.23 bits per heavy atom. The molecule has 5 heteroatoms. The van der Waals surface area contributed by atoms with Gasteiger partial charge in [-0.1, -0.05) is 0 Å². The topological polar surface area (TPSA) is 32.8 Å². The highest BCUT2D eigenvalue weighted by Gasteiger charge is 2.25. The molecule has 3 rings (SSSR count). The number of hydrogen-bond acceptors (Lipinski definition) is 4. The molecule has 0 radical (unpaired) electrons. The van der Waals surface area contributed by atoms with Crippen LogP contribution in [-0.2, 0) is 9.53 Å². The minimum absolute atomic E-state index is 0.328. The number of ether oxygens (including phenoxy) is 1. The predicted molar refractivity (Wildman–Crippen MR) is 89.0 cm³/mol. The van der Waals surface area contributed by atoms with Gasteiger partial charge in [0.25, 0.3) is 0 Å². The minimum atomic E-state index is 0.328. The first-order valence-electron chi connectivity index (χ1n) is 8.35. The summed E-state index contributed by atoms with van der Waals surface area (Å²) in [6, 6.07) is 2.66. The first-order chi connectivity index (χ1) is 10.7. The number of thiophene rings is 1. The Morgan fingerprint density at radius 1 is 1.41 bits per heavy atom. The Labute approximate surface area is 137 Å². The minimum Gasteiger partial charge on any atom is -0.381 e. The van der Waals surface area contributed by atoms with Crippen LogP contribution in [0.1, 0.15) is 37.8 Å². The number of hydrogen-bond donors (Lipinski definition) is 0. The van der Waals surface area contributed by atoms with E-state index in [1.807, 2.05) is 4.90 Å². The van der Waals surface area contributed by atoms with E-state index in [2.05, 4.69) is 28.7 Å². The van der Waals surface area contributed by atoms with Gasteiger partial charge in [0, 0.05) is 51.9 Å². The molecular formula is C17H26N2O2S. The van der Waals surface area contributed by atoms with Crippen LogP contribution in [0.25, 0.3) is 0 Å². The third-order valence-corrected chi connectivity index (χ3v) is 5.73. The number of carbonyl (C=O) groups excluding carboxylic acids is 1. The normalized spacial score (nSPS) is 24.6. The molecule has 122 valence electrons. The zero-order valence-corrected chi connectivity index (χ0v) is 14.2. The van der Waals surface area contributed by atoms with Crippen molar-refractivity contribution in [2.24, 2.45) is 5.92 Å². The third kappa shape index (κ3) is 3.89. The summed E-state index contributed by atoms with van der Waals surface area (Å²) in [5.41, 5.74) is 1.39. The van der Waals surface area contributed by atoms with Crippen LogP contribution in [0.4, 0.5) is 0 Å². The second kappa shape index (κ2) is 7.57. The van der Waals surface area contributed by atoms with Gasteiger partial charge < -0.3 is 9.64 Å². The molecule has 0 saturated carbocycles. The summed E-state index contributed by atoms with van der Waals surface area (Å²) >= 11 is 1.75. The summed E-state index contributed by atoms with van der Waals surface area (Å²) in [6.07, 6.45) is 2.80. The Balaban J connectivity index is 1.41. The van der Waals surface area contributed by atoms with Crippen LogP contribution in [-0.4, -0.2) is 55.1 Å². The number of carbonyl (C=O) groups is 1. The molecule has 2 aliphatic rings. The highest BCUT2D eigenvalue weighted by Crippen LogP contribution is 2.24. The lowest BCUT2D eigenvalue weighted by Gasteiger charge is -2.38. The van der Waals surface area contributed by atoms with Crippen molar-refractivity contribution in [3.8, 4) is 0 Å². The molecule has 0 N–H and O–H groups in total. The average Bonchev–Trinajstić information content (AvgIpc) is 3.25. The molecule has 0 aliphatic carbocycles. The van der Waals surface area contributed by atoms with Gasteiger partial charge in [-0.15, -0.1) is 0 Å². The quantitative estimate of drug-likeness (QED) is 0.836. The van der Waals surface area contributed by atoms with Crippen LogP contribution < -0.4 is 0 Å². The molecule has 0 aromatic carbocycles. The maximum atomic E-state index is 12.3. The summed E-state index contributed by atoms with van der Waals surface area (Å²) in [5.74, 6) is 0.929. The van der Waals surface area contributed by atoms with E-state index in [1.54, 1.807) is 11.3 Å². The standard InChI is InChI=1S/C17H26N2O2S/c1-14(16-5-11-22-13-16)18-6-8-19(9-7-18)17(20)3-2-15-4-10-21-12-15/h5,11,13-15H,2-4,6-10,12H2,1H3/t14-,15-/m1/s1. The first kappa shape index (κ1) is 16.0. The van der Waals surface area contributed by atoms with Gasteiger partial charge in [-0.3, -0.25) is 9.69 Å². The summed E-state index contributed by atoms with van der Waals surface area (Å²) < 4.78 is 5.38. The molecule has 1 amide bonds. The van der Waals surface area contributed by atoms with Crippen LogP contribution in [0.5, 0.6) is 0 Å². The summed E-state index contributed by atoms with van der Waals surface area (Å²) in [7, 11) is 0. The van der Waals surface area contributed by atoms with Gasteiger partial charge in [0.15, 0.2) is 0 Å². The van der Waals surface area contributed by atoms with E-state index in [0.717, 1.165) is 52.2 Å². The van der Waals surface area contributed by atoms with Crippen LogP contribution in [0.3, 0.4) is 0 Å². The molecule has 1 aromatic rings. The Hall–Kier alpha value is -0.910. The lowest BCUT2D eigenvalue weighted by Crippen LogP contribution is -2.49. The Morgan fingerprint density at radius 3 is 2.86 bits per heavy atom. The Kier molecular flexibility index (Phi) is 5.50. The fourth-order valence-electron chi connectivity index (χ4n) is 3.38. The van der Waals surface area contributed by atoms with Crippen LogP contribution >= 0.6 is 11.3 Å². The van der Waals surface area contributed by atoms with E-state index in [-0.39, 0.29) is 0 Å². The lowest BCUT2D eigenvalue weighted by atomic mass is 10.0. The second-order valence-electron chi connectivity index (χ2n) is 6.42. The van der Waals surface area contributed by atoms with Crippen molar-refractivity contribution in [2.75, 3.05) is 39.4 Å². The summed E-state index contributed by atoms with van der Waals surface area (Å²) in [4.78, 5) is 16.9. The SMILES string of the molecule is C[C@H](c1ccsc1)N1CCN(C(=O)CC[C@@H]2CCOC2)CC1. The molecule has 3 heterocycles. The van der Waals surface area contributed by atoms with Crippen molar-refractivity contribution in [3.63, 3.8) is 0 Å². The van der Waals surface area contributed by atoms with E-state index < -0.39 is 0 Å². The summed E-state index contributed by atoms with van der Waals surface area (Å²) in [6.45, 7) is 7.68. The van der Waals surface area contributed by atoms with E-state index in [9.17, 15) is 4.79 Å².